The highest BCUT2D eigenvalue weighted by Gasteiger charge is 2.35. The summed E-state index contributed by atoms with van der Waals surface area (Å²) in [6, 6.07) is -0.762. The summed E-state index contributed by atoms with van der Waals surface area (Å²) in [5.74, 6) is -1.39. The first-order chi connectivity index (χ1) is 7.06. The molecule has 84 valence electrons. The van der Waals surface area contributed by atoms with Crippen LogP contribution < -0.4 is 5.32 Å². The lowest BCUT2D eigenvalue weighted by Crippen LogP contribution is -2.40. The molecule has 0 radical (unpaired) electrons. The van der Waals surface area contributed by atoms with Gasteiger partial charge in [0, 0.05) is 26.4 Å². The summed E-state index contributed by atoms with van der Waals surface area (Å²) in [7, 11) is 1.50. The van der Waals surface area contributed by atoms with E-state index in [1.807, 2.05) is 0 Å². The van der Waals surface area contributed by atoms with Crippen molar-refractivity contribution in [3.05, 3.63) is 0 Å². The number of hydrogen-bond donors (Lipinski definition) is 2. The first-order valence-electron chi connectivity index (χ1n) is 4.79. The molecule has 6 heteroatoms. The number of carboxylic acids is 1. The zero-order valence-electron chi connectivity index (χ0n) is 8.52. The minimum Gasteiger partial charge on any atom is -0.480 e. The predicted octanol–water partition coefficient (Wildman–Crippen LogP) is -0.802. The summed E-state index contributed by atoms with van der Waals surface area (Å²) in [5, 5.41) is 11.3. The number of carboxylic acid groups (broad SMARTS) is 1. The lowest BCUT2D eigenvalue weighted by Gasteiger charge is -2.20. The van der Waals surface area contributed by atoms with Crippen molar-refractivity contribution in [1.82, 2.24) is 10.2 Å². The van der Waals surface area contributed by atoms with Gasteiger partial charge in [0.1, 0.15) is 6.04 Å². The van der Waals surface area contributed by atoms with Crippen LogP contribution in [0.3, 0.4) is 0 Å². The average molecular weight is 214 g/mol. The third kappa shape index (κ3) is 2.68. The van der Waals surface area contributed by atoms with Gasteiger partial charge in [-0.1, -0.05) is 0 Å². The van der Waals surface area contributed by atoms with E-state index >= 15 is 0 Å². The Hall–Kier alpha value is -1.59. The highest BCUT2D eigenvalue weighted by atomic mass is 16.4. The third-order valence-corrected chi connectivity index (χ3v) is 2.47. The Bertz CT molecular complexity index is 290. The average Bonchev–Trinajstić information content (AvgIpc) is 2.56. The smallest absolute Gasteiger partial charge is 0.326 e. The first-order valence-corrected chi connectivity index (χ1v) is 4.79. The van der Waals surface area contributed by atoms with Crippen molar-refractivity contribution in [2.75, 3.05) is 13.6 Å². The van der Waals surface area contributed by atoms with Gasteiger partial charge in [-0.05, 0) is 6.42 Å². The minimum absolute atomic E-state index is 0.145. The summed E-state index contributed by atoms with van der Waals surface area (Å²) in [4.78, 5) is 34.3. The Balaban J connectivity index is 2.53. The van der Waals surface area contributed by atoms with Gasteiger partial charge in [-0.15, -0.1) is 0 Å². The van der Waals surface area contributed by atoms with Crippen LogP contribution in [0.2, 0.25) is 0 Å². The van der Waals surface area contributed by atoms with Crippen molar-refractivity contribution in [3.63, 3.8) is 0 Å². The fraction of sp³-hybridized carbons (Fsp3) is 0.667. The Kier molecular flexibility index (Phi) is 3.65. The molecule has 2 N–H and O–H groups in total. The van der Waals surface area contributed by atoms with Gasteiger partial charge >= 0.3 is 5.97 Å². The zero-order chi connectivity index (χ0) is 11.4. The van der Waals surface area contributed by atoms with Crippen molar-refractivity contribution in [2.24, 2.45) is 0 Å². The van der Waals surface area contributed by atoms with Crippen molar-refractivity contribution in [3.8, 4) is 0 Å². The largest absolute Gasteiger partial charge is 0.480 e. The van der Waals surface area contributed by atoms with Crippen LogP contribution in [-0.4, -0.2) is 47.4 Å². The quantitative estimate of drug-likeness (QED) is 0.641. The van der Waals surface area contributed by atoms with Crippen LogP contribution in [0, 0.1) is 0 Å². The van der Waals surface area contributed by atoms with Crippen LogP contribution in [0.1, 0.15) is 19.3 Å². The van der Waals surface area contributed by atoms with E-state index in [0.717, 1.165) is 0 Å². The standard InChI is InChI=1S/C9H14N2O4/c1-10-7(12)4-5-11-6(9(14)15)2-3-8(11)13/h6H,2-5H2,1H3,(H,10,12)(H,14,15). The maximum absolute atomic E-state index is 11.3. The summed E-state index contributed by atoms with van der Waals surface area (Å²) in [6.45, 7) is 0.176. The number of carbonyl (C=O) groups is 3. The van der Waals surface area contributed by atoms with Gasteiger partial charge in [0.25, 0.3) is 0 Å². The summed E-state index contributed by atoms with van der Waals surface area (Å²) >= 11 is 0. The Morgan fingerprint density at radius 3 is 2.80 bits per heavy atom. The van der Waals surface area contributed by atoms with Gasteiger partial charge in [-0.25, -0.2) is 4.79 Å². The predicted molar refractivity (Wildman–Crippen MR) is 51.1 cm³/mol. The molecule has 1 unspecified atom stereocenters. The van der Waals surface area contributed by atoms with Crippen molar-refractivity contribution >= 4 is 17.8 Å². The number of amides is 2. The number of likely N-dealkylation sites (tertiary alicyclic amines) is 1. The maximum Gasteiger partial charge on any atom is 0.326 e. The lowest BCUT2D eigenvalue weighted by atomic mass is 10.2. The second kappa shape index (κ2) is 4.77. The van der Waals surface area contributed by atoms with Crippen LogP contribution in [0.15, 0.2) is 0 Å². The second-order valence-corrected chi connectivity index (χ2v) is 3.40. The molecule has 0 aromatic carbocycles. The molecule has 0 aromatic heterocycles. The highest BCUT2D eigenvalue weighted by Crippen LogP contribution is 2.18. The molecule has 1 fully saturated rings. The minimum atomic E-state index is -1.00. The van der Waals surface area contributed by atoms with Crippen molar-refractivity contribution in [1.29, 1.82) is 0 Å². The van der Waals surface area contributed by atoms with Crippen LogP contribution in [0.25, 0.3) is 0 Å². The van der Waals surface area contributed by atoms with E-state index in [9.17, 15) is 14.4 Å². The van der Waals surface area contributed by atoms with E-state index in [1.165, 1.54) is 11.9 Å². The van der Waals surface area contributed by atoms with Crippen LogP contribution in [0.4, 0.5) is 0 Å². The van der Waals surface area contributed by atoms with Crippen LogP contribution in [-0.2, 0) is 14.4 Å². The van der Waals surface area contributed by atoms with Crippen LogP contribution in [0.5, 0.6) is 0 Å². The second-order valence-electron chi connectivity index (χ2n) is 3.40. The molecule has 0 aliphatic carbocycles. The molecular weight excluding hydrogens is 200 g/mol. The number of nitrogens with one attached hydrogen (secondary N) is 1. The molecule has 6 nitrogen and oxygen atoms in total. The maximum atomic E-state index is 11.3. The molecule has 1 aliphatic rings. The molecule has 1 rings (SSSR count). The molecule has 0 bridgehead atoms. The fourth-order valence-electron chi connectivity index (χ4n) is 1.62. The number of hydrogen-bond acceptors (Lipinski definition) is 3. The van der Waals surface area contributed by atoms with E-state index in [1.54, 1.807) is 0 Å². The van der Waals surface area contributed by atoms with E-state index in [4.69, 9.17) is 5.11 Å². The molecule has 1 heterocycles. The summed E-state index contributed by atoms with van der Waals surface area (Å²) < 4.78 is 0. The van der Waals surface area contributed by atoms with Gasteiger partial charge in [0.15, 0.2) is 0 Å². The zero-order valence-corrected chi connectivity index (χ0v) is 8.52. The van der Waals surface area contributed by atoms with Crippen LogP contribution >= 0.6 is 0 Å². The SMILES string of the molecule is CNC(=O)CCN1C(=O)CCC1C(=O)O. The molecule has 1 atom stereocenters. The summed E-state index contributed by atoms with van der Waals surface area (Å²) in [6.07, 6.45) is 0.735. The van der Waals surface area contributed by atoms with Gasteiger partial charge in [-0.3, -0.25) is 9.59 Å². The molecule has 1 saturated heterocycles. The van der Waals surface area contributed by atoms with E-state index in [0.29, 0.717) is 6.42 Å². The molecule has 2 amide bonds. The van der Waals surface area contributed by atoms with Crippen molar-refractivity contribution in [2.45, 2.75) is 25.3 Å². The molecule has 0 aromatic rings. The Morgan fingerprint density at radius 1 is 1.60 bits per heavy atom. The first kappa shape index (κ1) is 11.5. The summed E-state index contributed by atoms with van der Waals surface area (Å²) in [5.41, 5.74) is 0. The van der Waals surface area contributed by atoms with E-state index < -0.39 is 12.0 Å². The number of carbonyl (C=O) groups excluding carboxylic acids is 2. The van der Waals surface area contributed by atoms with Crippen molar-refractivity contribution < 1.29 is 19.5 Å². The number of rotatable bonds is 4. The van der Waals surface area contributed by atoms with E-state index in [2.05, 4.69) is 5.32 Å². The molecule has 1 aliphatic heterocycles. The monoisotopic (exact) mass is 214 g/mol. The molecule has 0 spiro atoms. The van der Waals surface area contributed by atoms with Gasteiger partial charge < -0.3 is 15.3 Å². The Morgan fingerprint density at radius 2 is 2.27 bits per heavy atom. The third-order valence-electron chi connectivity index (χ3n) is 2.47. The molecular formula is C9H14N2O4. The Labute approximate surface area is 87.2 Å². The van der Waals surface area contributed by atoms with Gasteiger partial charge in [0.05, 0.1) is 0 Å². The molecule has 0 saturated carbocycles. The number of nitrogens with zero attached hydrogens (tertiary/aromatic N) is 1. The normalized spacial score (nSPS) is 20.5. The highest BCUT2D eigenvalue weighted by molar-refractivity contribution is 5.87. The fourth-order valence-corrected chi connectivity index (χ4v) is 1.62. The lowest BCUT2D eigenvalue weighted by molar-refractivity contribution is -0.146. The number of aliphatic carboxylic acids is 1. The molecule has 15 heavy (non-hydrogen) atoms. The van der Waals surface area contributed by atoms with Gasteiger partial charge in [-0.2, -0.15) is 0 Å². The van der Waals surface area contributed by atoms with E-state index in [-0.39, 0.29) is 31.2 Å². The van der Waals surface area contributed by atoms with Gasteiger partial charge in [0.2, 0.25) is 11.8 Å². The topological polar surface area (TPSA) is 86.7 Å².